The first-order valence-corrected chi connectivity index (χ1v) is 14.8. The molecule has 2 fully saturated rings. The van der Waals surface area contributed by atoms with E-state index in [1.807, 2.05) is 14.1 Å². The number of hydrogen-bond donors (Lipinski definition) is 1. The van der Waals surface area contributed by atoms with E-state index >= 15 is 0 Å². The molecule has 2 atom stereocenters. The largest absolute Gasteiger partial charge is 0.459 e. The molecule has 1 aromatic carbocycles. The van der Waals surface area contributed by atoms with Crippen molar-refractivity contribution in [2.75, 3.05) is 48.4 Å². The Kier molecular flexibility index (Phi) is 10.7. The molecule has 2 aromatic rings. The molecule has 11 heteroatoms. The molecule has 0 spiro atoms. The number of alkyl halides is 3. The molecule has 1 aliphatic carbocycles. The smallest absolute Gasteiger partial charge is 0.392 e. The number of hydrogen-bond acceptors (Lipinski definition) is 7. The van der Waals surface area contributed by atoms with Gasteiger partial charge in [-0.05, 0) is 93.0 Å². The minimum absolute atomic E-state index is 0.0327. The molecule has 0 bridgehead atoms. The van der Waals surface area contributed by atoms with E-state index in [9.17, 15) is 27.9 Å². The van der Waals surface area contributed by atoms with Gasteiger partial charge in [-0.3, -0.25) is 9.69 Å². The summed E-state index contributed by atoms with van der Waals surface area (Å²) in [4.78, 5) is 36.6. The summed E-state index contributed by atoms with van der Waals surface area (Å²) in [6, 6.07) is 11.8. The summed E-state index contributed by atoms with van der Waals surface area (Å²) in [5.41, 5.74) is 2.82. The first-order valence-electron chi connectivity index (χ1n) is 14.8. The summed E-state index contributed by atoms with van der Waals surface area (Å²) in [7, 11) is 4.01. The molecular formula is C32H41F3N4O4. The quantitative estimate of drug-likeness (QED) is 0.286. The van der Waals surface area contributed by atoms with Crippen LogP contribution in [0.5, 0.6) is 0 Å². The van der Waals surface area contributed by atoms with Gasteiger partial charge in [-0.2, -0.15) is 13.2 Å². The van der Waals surface area contributed by atoms with E-state index in [0.29, 0.717) is 43.6 Å². The highest BCUT2D eigenvalue weighted by Gasteiger charge is 2.34. The molecule has 1 N–H and O–H groups in total. The van der Waals surface area contributed by atoms with Crippen LogP contribution in [0, 0.1) is 11.8 Å². The van der Waals surface area contributed by atoms with Gasteiger partial charge in [0, 0.05) is 63.3 Å². The van der Waals surface area contributed by atoms with Crippen LogP contribution in [0.4, 0.5) is 30.4 Å². The number of benzene rings is 1. The van der Waals surface area contributed by atoms with Crippen LogP contribution in [0.25, 0.3) is 6.08 Å². The highest BCUT2D eigenvalue weighted by atomic mass is 19.4. The Morgan fingerprint density at radius 3 is 2.47 bits per heavy atom. The van der Waals surface area contributed by atoms with E-state index in [2.05, 4.69) is 39.0 Å². The minimum atomic E-state index is -4.43. The zero-order valence-electron chi connectivity index (χ0n) is 25.0. The summed E-state index contributed by atoms with van der Waals surface area (Å²) < 4.78 is 42.6. The average molecular weight is 603 g/mol. The zero-order chi connectivity index (χ0) is 31.1. The maximum atomic E-state index is 13.9. The van der Waals surface area contributed by atoms with E-state index in [4.69, 9.17) is 4.74 Å². The fourth-order valence-electron chi connectivity index (χ4n) is 5.73. The predicted molar refractivity (Wildman–Crippen MR) is 161 cm³/mol. The van der Waals surface area contributed by atoms with E-state index in [0.717, 1.165) is 37.0 Å². The number of halogens is 3. The highest BCUT2D eigenvalue weighted by molar-refractivity contribution is 5.94. The number of ether oxygens (including phenoxy) is 1. The second kappa shape index (κ2) is 14.2. The number of esters is 1. The maximum Gasteiger partial charge on any atom is 0.392 e. The monoisotopic (exact) mass is 602 g/mol. The molecule has 1 saturated heterocycles. The molecule has 1 aromatic heterocycles. The van der Waals surface area contributed by atoms with Crippen molar-refractivity contribution in [2.24, 2.45) is 11.8 Å². The van der Waals surface area contributed by atoms with Gasteiger partial charge in [0.1, 0.15) is 11.9 Å². The van der Waals surface area contributed by atoms with Crippen LogP contribution in [0.3, 0.4) is 0 Å². The Labute approximate surface area is 251 Å². The van der Waals surface area contributed by atoms with Gasteiger partial charge in [0.2, 0.25) is 5.91 Å². The topological polar surface area (TPSA) is 86.2 Å². The summed E-state index contributed by atoms with van der Waals surface area (Å²) >= 11 is 0. The molecular weight excluding hydrogens is 561 g/mol. The Morgan fingerprint density at radius 2 is 1.81 bits per heavy atom. The van der Waals surface area contributed by atoms with E-state index in [1.165, 1.54) is 13.0 Å². The fraction of sp³-hybridized carbons (Fsp3) is 0.531. The lowest BCUT2D eigenvalue weighted by Gasteiger charge is -2.32. The molecule has 2 aliphatic rings. The predicted octanol–water partition coefficient (Wildman–Crippen LogP) is 5.46. The van der Waals surface area contributed by atoms with Gasteiger partial charge >= 0.3 is 12.1 Å². The number of aromatic nitrogens is 1. The van der Waals surface area contributed by atoms with Crippen LogP contribution in [0.15, 0.2) is 48.7 Å². The van der Waals surface area contributed by atoms with Gasteiger partial charge < -0.3 is 19.6 Å². The lowest BCUT2D eigenvalue weighted by atomic mass is 9.86. The lowest BCUT2D eigenvalue weighted by molar-refractivity contribution is -0.167. The Morgan fingerprint density at radius 1 is 1.12 bits per heavy atom. The molecule has 0 radical (unpaired) electrons. The highest BCUT2D eigenvalue weighted by Crippen LogP contribution is 2.31. The number of aliphatic hydroxyl groups is 1. The maximum absolute atomic E-state index is 13.9. The third kappa shape index (κ3) is 9.44. The van der Waals surface area contributed by atoms with Crippen LogP contribution >= 0.6 is 0 Å². The van der Waals surface area contributed by atoms with Crippen molar-refractivity contribution in [1.29, 1.82) is 0 Å². The molecule has 234 valence electrons. The van der Waals surface area contributed by atoms with E-state index in [1.54, 1.807) is 23.2 Å². The Balaban J connectivity index is 1.48. The SMILES string of the molecule is CC(CC(F)(F)F)OC(=O)/C=C/c1ccnc(N(CC2CCN(c3ccc(N(C)C)cc3)C2)C(=O)C2CCC(O)CC2)c1. The lowest BCUT2D eigenvalue weighted by Crippen LogP contribution is -2.42. The van der Waals surface area contributed by atoms with Crippen molar-refractivity contribution in [1.82, 2.24) is 4.98 Å². The van der Waals surface area contributed by atoms with Crippen LogP contribution in [0.1, 0.15) is 51.0 Å². The summed E-state index contributed by atoms with van der Waals surface area (Å²) in [5.74, 6) is -0.475. The van der Waals surface area contributed by atoms with Gasteiger partial charge in [-0.25, -0.2) is 9.78 Å². The minimum Gasteiger partial charge on any atom is -0.459 e. The average Bonchev–Trinajstić information content (AvgIpc) is 3.43. The van der Waals surface area contributed by atoms with Crippen molar-refractivity contribution in [3.63, 3.8) is 0 Å². The zero-order valence-corrected chi connectivity index (χ0v) is 25.0. The number of amides is 1. The molecule has 4 rings (SSSR count). The van der Waals surface area contributed by atoms with Crippen molar-refractivity contribution in [2.45, 2.75) is 63.8 Å². The molecule has 8 nitrogen and oxygen atoms in total. The Bertz CT molecular complexity index is 1260. The van der Waals surface area contributed by atoms with Crippen molar-refractivity contribution >= 4 is 35.1 Å². The standard InChI is InChI=1S/C32H41F3N4O4/c1-22(19-32(33,34)35)43-30(41)13-4-23-14-16-36-29(18-23)39(31(42)25-5-11-28(40)12-6-25)21-24-15-17-38(20-24)27-9-7-26(8-10-27)37(2)3/h4,7-10,13-14,16,18,22,24-25,28,40H,5-6,11-12,15,17,19-21H2,1-3H3/b13-4+. The summed E-state index contributed by atoms with van der Waals surface area (Å²) in [6.07, 6.45) is 0.0118. The fourth-order valence-corrected chi connectivity index (χ4v) is 5.73. The van der Waals surface area contributed by atoms with Gasteiger partial charge in [0.25, 0.3) is 0 Å². The number of carbonyl (C=O) groups is 2. The number of pyridine rings is 1. The second-order valence-electron chi connectivity index (χ2n) is 11.8. The molecule has 1 saturated carbocycles. The molecule has 2 unspecified atom stereocenters. The number of nitrogens with zero attached hydrogens (tertiary/aromatic N) is 4. The van der Waals surface area contributed by atoms with Crippen molar-refractivity contribution in [3.8, 4) is 0 Å². The number of anilines is 3. The summed E-state index contributed by atoms with van der Waals surface area (Å²) in [6.45, 7) is 3.33. The summed E-state index contributed by atoms with van der Waals surface area (Å²) in [5, 5.41) is 9.98. The van der Waals surface area contributed by atoms with Gasteiger partial charge in [0.05, 0.1) is 12.5 Å². The normalized spacial score (nSPS) is 21.6. The molecule has 2 heterocycles. The van der Waals surface area contributed by atoms with Crippen LogP contribution in [-0.4, -0.2) is 74.1 Å². The number of aliphatic hydroxyl groups excluding tert-OH is 1. The van der Waals surface area contributed by atoms with Gasteiger partial charge in [0.15, 0.2) is 0 Å². The van der Waals surface area contributed by atoms with Gasteiger partial charge in [-0.1, -0.05) is 0 Å². The molecule has 1 amide bonds. The van der Waals surface area contributed by atoms with Crippen LogP contribution in [0.2, 0.25) is 0 Å². The van der Waals surface area contributed by atoms with Crippen molar-refractivity contribution in [3.05, 3.63) is 54.2 Å². The third-order valence-corrected chi connectivity index (χ3v) is 8.06. The first kappa shape index (κ1) is 32.3. The van der Waals surface area contributed by atoms with Gasteiger partial charge in [-0.15, -0.1) is 0 Å². The van der Waals surface area contributed by atoms with E-state index < -0.39 is 24.7 Å². The number of rotatable bonds is 10. The third-order valence-electron chi connectivity index (χ3n) is 8.06. The first-order chi connectivity index (χ1) is 20.4. The molecule has 1 aliphatic heterocycles. The van der Waals surface area contributed by atoms with Crippen molar-refractivity contribution < 1.29 is 32.6 Å². The van der Waals surface area contributed by atoms with E-state index in [-0.39, 0.29) is 23.8 Å². The van der Waals surface area contributed by atoms with Crippen LogP contribution in [-0.2, 0) is 14.3 Å². The van der Waals surface area contributed by atoms with Crippen LogP contribution < -0.4 is 14.7 Å². The molecule has 43 heavy (non-hydrogen) atoms. The Hall–Kier alpha value is -3.60. The number of carbonyl (C=O) groups excluding carboxylic acids is 2. The second-order valence-corrected chi connectivity index (χ2v) is 11.8.